The van der Waals surface area contributed by atoms with Gasteiger partial charge in [0, 0.05) is 57.3 Å². The first-order valence-electron chi connectivity index (χ1n) is 11.0. The number of carbonyl (C=O) groups is 1. The number of nitrogens with one attached hydrogen (secondary N) is 1. The van der Waals surface area contributed by atoms with Crippen molar-refractivity contribution in [2.45, 2.75) is 50.5 Å². The Bertz CT molecular complexity index is 844. The average Bonchev–Trinajstić information content (AvgIpc) is 3.33. The second-order valence-electron chi connectivity index (χ2n) is 8.56. The Morgan fingerprint density at radius 1 is 1.17 bits per heavy atom. The first-order chi connectivity index (χ1) is 14.6. The number of nitrogens with zero attached hydrogens (tertiary/aromatic N) is 4. The Morgan fingerprint density at radius 3 is 2.60 bits per heavy atom. The summed E-state index contributed by atoms with van der Waals surface area (Å²) >= 11 is 0. The molecule has 7 heteroatoms. The summed E-state index contributed by atoms with van der Waals surface area (Å²) in [5.41, 5.74) is 3.33. The lowest BCUT2D eigenvalue weighted by molar-refractivity contribution is -0.130. The van der Waals surface area contributed by atoms with Gasteiger partial charge in [0.15, 0.2) is 0 Å². The molecular weight excluding hydrogens is 378 g/mol. The molecule has 7 nitrogen and oxygen atoms in total. The van der Waals surface area contributed by atoms with Gasteiger partial charge in [-0.25, -0.2) is 9.97 Å². The van der Waals surface area contributed by atoms with E-state index in [1.807, 2.05) is 49.7 Å². The van der Waals surface area contributed by atoms with Gasteiger partial charge in [0.05, 0.1) is 5.69 Å². The Morgan fingerprint density at radius 2 is 1.93 bits per heavy atom. The van der Waals surface area contributed by atoms with Crippen LogP contribution in [0.5, 0.6) is 0 Å². The van der Waals surface area contributed by atoms with E-state index in [1.165, 1.54) is 0 Å². The topological polar surface area (TPSA) is 80.2 Å². The number of rotatable bonds is 6. The van der Waals surface area contributed by atoms with Gasteiger partial charge in [-0.2, -0.15) is 0 Å². The van der Waals surface area contributed by atoms with E-state index < -0.39 is 0 Å². The van der Waals surface area contributed by atoms with Crippen molar-refractivity contribution in [1.29, 1.82) is 0 Å². The molecule has 160 valence electrons. The molecule has 0 aromatic carbocycles. The number of hydrogen-bond acceptors (Lipinski definition) is 6. The third kappa shape index (κ3) is 4.78. The SMILES string of the molecule is CN(C)c1ncc(-c2ccncc2)c(C2CCC(CNC(=O)[C@@H]3CCCO3)CC2)n1. The minimum absolute atomic E-state index is 0.0565. The first-order valence-corrected chi connectivity index (χ1v) is 11.0. The summed E-state index contributed by atoms with van der Waals surface area (Å²) in [6.07, 6.45) is 11.5. The fraction of sp³-hybridized carbons (Fsp3) is 0.565. The van der Waals surface area contributed by atoms with Crippen molar-refractivity contribution in [3.63, 3.8) is 0 Å². The van der Waals surface area contributed by atoms with Crippen LogP contribution in [-0.2, 0) is 9.53 Å². The normalized spacial score (nSPS) is 23.9. The zero-order valence-corrected chi connectivity index (χ0v) is 17.9. The van der Waals surface area contributed by atoms with Crippen molar-refractivity contribution >= 4 is 11.9 Å². The monoisotopic (exact) mass is 409 g/mol. The first kappa shape index (κ1) is 20.7. The van der Waals surface area contributed by atoms with Gasteiger partial charge in [-0.3, -0.25) is 9.78 Å². The number of pyridine rings is 1. The molecular formula is C23H31N5O2. The highest BCUT2D eigenvalue weighted by Gasteiger charge is 2.28. The van der Waals surface area contributed by atoms with E-state index in [0.29, 0.717) is 18.4 Å². The predicted molar refractivity (Wildman–Crippen MR) is 116 cm³/mol. The number of carbonyl (C=O) groups excluding carboxylic acids is 1. The van der Waals surface area contributed by atoms with Gasteiger partial charge in [-0.15, -0.1) is 0 Å². The number of ether oxygens (including phenoxy) is 1. The van der Waals surface area contributed by atoms with Crippen LogP contribution < -0.4 is 10.2 Å². The summed E-state index contributed by atoms with van der Waals surface area (Å²) in [5.74, 6) is 1.72. The fourth-order valence-electron chi connectivity index (χ4n) is 4.45. The number of anilines is 1. The molecule has 2 aromatic rings. The van der Waals surface area contributed by atoms with Gasteiger partial charge < -0.3 is 15.0 Å². The Balaban J connectivity index is 1.42. The van der Waals surface area contributed by atoms with Gasteiger partial charge in [0.25, 0.3) is 0 Å². The molecule has 1 aliphatic heterocycles. The maximum absolute atomic E-state index is 12.2. The van der Waals surface area contributed by atoms with Crippen LogP contribution >= 0.6 is 0 Å². The van der Waals surface area contributed by atoms with Crippen molar-refractivity contribution in [2.24, 2.45) is 5.92 Å². The van der Waals surface area contributed by atoms with Gasteiger partial charge in [-0.1, -0.05) is 0 Å². The number of hydrogen-bond donors (Lipinski definition) is 1. The van der Waals surface area contributed by atoms with Crippen LogP contribution in [0.3, 0.4) is 0 Å². The van der Waals surface area contributed by atoms with Crippen LogP contribution in [0.1, 0.15) is 50.1 Å². The Hall–Kier alpha value is -2.54. The summed E-state index contributed by atoms with van der Waals surface area (Å²) in [6.45, 7) is 1.45. The zero-order valence-electron chi connectivity index (χ0n) is 17.9. The maximum atomic E-state index is 12.2. The van der Waals surface area contributed by atoms with Crippen LogP contribution in [0.4, 0.5) is 5.95 Å². The van der Waals surface area contributed by atoms with Crippen molar-refractivity contribution in [1.82, 2.24) is 20.3 Å². The standard InChI is InChI=1S/C23H31N5O2/c1-28(2)23-26-15-19(17-9-11-24-12-10-17)21(27-23)18-7-5-16(6-8-18)14-25-22(29)20-4-3-13-30-20/h9-12,15-16,18,20H,3-8,13-14H2,1-2H3,(H,25,29)/t16?,18?,20-/m0/s1. The average molecular weight is 410 g/mol. The quantitative estimate of drug-likeness (QED) is 0.789. The summed E-state index contributed by atoms with van der Waals surface area (Å²) in [6, 6.07) is 4.04. The second-order valence-corrected chi connectivity index (χ2v) is 8.56. The van der Waals surface area contributed by atoms with Crippen molar-refractivity contribution in [3.05, 3.63) is 36.4 Å². The van der Waals surface area contributed by atoms with Gasteiger partial charge in [0.2, 0.25) is 11.9 Å². The minimum Gasteiger partial charge on any atom is -0.368 e. The zero-order chi connectivity index (χ0) is 20.9. The molecule has 0 radical (unpaired) electrons. The summed E-state index contributed by atoms with van der Waals surface area (Å²) in [7, 11) is 3.94. The molecule has 1 amide bonds. The van der Waals surface area contributed by atoms with E-state index in [2.05, 4.69) is 15.3 Å². The molecule has 30 heavy (non-hydrogen) atoms. The maximum Gasteiger partial charge on any atom is 0.249 e. The molecule has 2 aliphatic rings. The van der Waals surface area contributed by atoms with Crippen molar-refractivity contribution in [3.8, 4) is 11.1 Å². The third-order valence-corrected chi connectivity index (χ3v) is 6.22. The van der Waals surface area contributed by atoms with Crippen LogP contribution in [-0.4, -0.2) is 54.2 Å². The largest absolute Gasteiger partial charge is 0.368 e. The predicted octanol–water partition coefficient (Wildman–Crippen LogP) is 3.17. The summed E-state index contributed by atoms with van der Waals surface area (Å²) in [4.78, 5) is 27.8. The van der Waals surface area contributed by atoms with Crippen molar-refractivity contribution in [2.75, 3.05) is 32.1 Å². The highest BCUT2D eigenvalue weighted by Crippen LogP contribution is 2.39. The molecule has 1 N–H and O–H groups in total. The number of amides is 1. The molecule has 1 saturated heterocycles. The molecule has 1 aliphatic carbocycles. The minimum atomic E-state index is -0.241. The lowest BCUT2D eigenvalue weighted by atomic mass is 9.79. The smallest absolute Gasteiger partial charge is 0.249 e. The van der Waals surface area contributed by atoms with Crippen LogP contribution in [0.2, 0.25) is 0 Å². The van der Waals surface area contributed by atoms with Crippen LogP contribution in [0, 0.1) is 5.92 Å². The highest BCUT2D eigenvalue weighted by molar-refractivity contribution is 5.80. The molecule has 2 aromatic heterocycles. The van der Waals surface area contributed by atoms with Gasteiger partial charge >= 0.3 is 0 Å². The van der Waals surface area contributed by atoms with E-state index >= 15 is 0 Å². The molecule has 0 spiro atoms. The summed E-state index contributed by atoms with van der Waals surface area (Å²) in [5, 5.41) is 3.11. The molecule has 0 bridgehead atoms. The molecule has 0 unspecified atom stereocenters. The van der Waals surface area contributed by atoms with E-state index in [9.17, 15) is 4.79 Å². The van der Waals surface area contributed by atoms with E-state index in [4.69, 9.17) is 9.72 Å². The molecule has 4 rings (SSSR count). The third-order valence-electron chi connectivity index (χ3n) is 6.22. The molecule has 1 atom stereocenters. The molecule has 1 saturated carbocycles. The highest BCUT2D eigenvalue weighted by atomic mass is 16.5. The van der Waals surface area contributed by atoms with Crippen LogP contribution in [0.25, 0.3) is 11.1 Å². The van der Waals surface area contributed by atoms with E-state index in [-0.39, 0.29) is 12.0 Å². The summed E-state index contributed by atoms with van der Waals surface area (Å²) < 4.78 is 5.48. The lowest BCUT2D eigenvalue weighted by Gasteiger charge is -2.30. The second kappa shape index (κ2) is 9.51. The fourth-order valence-corrected chi connectivity index (χ4v) is 4.45. The van der Waals surface area contributed by atoms with E-state index in [0.717, 1.165) is 67.8 Å². The number of aromatic nitrogens is 3. The van der Waals surface area contributed by atoms with Gasteiger partial charge in [-0.05, 0) is 62.1 Å². The van der Waals surface area contributed by atoms with Crippen molar-refractivity contribution < 1.29 is 9.53 Å². The lowest BCUT2D eigenvalue weighted by Crippen LogP contribution is -2.37. The Labute approximate surface area is 178 Å². The molecule has 2 fully saturated rings. The molecule has 3 heterocycles. The van der Waals surface area contributed by atoms with Gasteiger partial charge in [0.1, 0.15) is 6.10 Å². The Kier molecular flexibility index (Phi) is 6.57. The van der Waals surface area contributed by atoms with Crippen LogP contribution in [0.15, 0.2) is 30.7 Å². The van der Waals surface area contributed by atoms with E-state index in [1.54, 1.807) is 0 Å².